The van der Waals surface area contributed by atoms with E-state index in [-0.39, 0.29) is 18.3 Å². The van der Waals surface area contributed by atoms with Gasteiger partial charge in [-0.3, -0.25) is 4.79 Å². The number of amides is 1. The Morgan fingerprint density at radius 2 is 2.53 bits per heavy atom. The number of halogens is 1. The Balaban J connectivity index is 0.00000112. The predicted molar refractivity (Wildman–Crippen MR) is 60.5 cm³/mol. The second-order valence-electron chi connectivity index (χ2n) is 3.39. The summed E-state index contributed by atoms with van der Waals surface area (Å²) in [5.41, 5.74) is 0. The van der Waals surface area contributed by atoms with Crippen LogP contribution in [0.3, 0.4) is 0 Å². The minimum atomic E-state index is 0. The maximum Gasteiger partial charge on any atom is 0.267 e. The molecule has 1 aromatic heterocycles. The van der Waals surface area contributed by atoms with Gasteiger partial charge in [-0.15, -0.1) is 17.5 Å². The van der Waals surface area contributed by atoms with Crippen LogP contribution in [0, 0.1) is 0 Å². The van der Waals surface area contributed by atoms with Gasteiger partial charge in [-0.05, 0) is 18.5 Å². The van der Waals surface area contributed by atoms with Gasteiger partial charge in [0.25, 0.3) is 5.91 Å². The third-order valence-electron chi connectivity index (χ3n) is 2.23. The first-order valence-electron chi connectivity index (χ1n) is 4.57. The molecule has 5 nitrogen and oxygen atoms in total. The topological polar surface area (TPSA) is 58.1 Å². The van der Waals surface area contributed by atoms with E-state index in [1.54, 1.807) is 0 Å². The monoisotopic (exact) mass is 248 g/mol. The number of nitrogens with one attached hydrogen (secondary N) is 1. The minimum Gasteiger partial charge on any atom is -0.335 e. The Bertz CT molecular complexity index is 318. The average Bonchev–Trinajstić information content (AvgIpc) is 2.69. The molecule has 0 bridgehead atoms. The Labute approximate surface area is 98.4 Å². The molecule has 2 rings (SSSR count). The van der Waals surface area contributed by atoms with Crippen LogP contribution >= 0.6 is 23.9 Å². The summed E-state index contributed by atoms with van der Waals surface area (Å²) in [5, 5.41) is 6.95. The normalized spacial score (nSPS) is 20.9. The molecule has 1 aliphatic heterocycles. The Morgan fingerprint density at radius 3 is 3.13 bits per heavy atom. The molecule has 84 valence electrons. The van der Waals surface area contributed by atoms with Crippen LogP contribution < -0.4 is 5.32 Å². The van der Waals surface area contributed by atoms with Crippen molar-refractivity contribution in [3.63, 3.8) is 0 Å². The van der Waals surface area contributed by atoms with E-state index < -0.39 is 0 Å². The van der Waals surface area contributed by atoms with E-state index in [9.17, 15) is 4.79 Å². The van der Waals surface area contributed by atoms with Crippen LogP contribution in [0.1, 0.15) is 16.6 Å². The molecule has 15 heavy (non-hydrogen) atoms. The summed E-state index contributed by atoms with van der Waals surface area (Å²) < 4.78 is 3.69. The van der Waals surface area contributed by atoms with Crippen molar-refractivity contribution in [1.29, 1.82) is 0 Å². The first-order chi connectivity index (χ1) is 6.77. The predicted octanol–water partition coefficient (Wildman–Crippen LogP) is 0.394. The fourth-order valence-electron chi connectivity index (χ4n) is 1.53. The van der Waals surface area contributed by atoms with Crippen molar-refractivity contribution in [3.8, 4) is 0 Å². The summed E-state index contributed by atoms with van der Waals surface area (Å²) in [6.07, 6.45) is 1.53. The number of carbonyl (C=O) groups is 1. The van der Waals surface area contributed by atoms with Crippen molar-refractivity contribution in [3.05, 3.63) is 11.1 Å². The highest BCUT2D eigenvalue weighted by atomic mass is 35.5. The lowest BCUT2D eigenvalue weighted by Crippen LogP contribution is -2.51. The van der Waals surface area contributed by atoms with Crippen molar-refractivity contribution in [2.45, 2.75) is 13.0 Å². The second-order valence-corrected chi connectivity index (χ2v) is 4.17. The average molecular weight is 249 g/mol. The fraction of sp³-hybridized carbons (Fsp3) is 0.625. The molecule has 1 aliphatic rings. The lowest BCUT2D eigenvalue weighted by Gasteiger charge is -2.31. The molecule has 0 unspecified atom stereocenters. The van der Waals surface area contributed by atoms with Crippen LogP contribution in [0.4, 0.5) is 0 Å². The number of rotatable bonds is 1. The van der Waals surface area contributed by atoms with Crippen molar-refractivity contribution < 1.29 is 4.79 Å². The van der Waals surface area contributed by atoms with Gasteiger partial charge in [-0.25, -0.2) is 0 Å². The van der Waals surface area contributed by atoms with Gasteiger partial charge < -0.3 is 10.2 Å². The molecule has 0 spiro atoms. The summed E-state index contributed by atoms with van der Waals surface area (Å²) >= 11 is 1.15. The van der Waals surface area contributed by atoms with Crippen molar-refractivity contribution >= 4 is 29.8 Å². The highest BCUT2D eigenvalue weighted by Crippen LogP contribution is 2.09. The number of aromatic nitrogens is 2. The minimum absolute atomic E-state index is 0. The van der Waals surface area contributed by atoms with E-state index in [4.69, 9.17) is 0 Å². The van der Waals surface area contributed by atoms with Gasteiger partial charge in [-0.2, -0.15) is 0 Å². The zero-order chi connectivity index (χ0) is 9.97. The summed E-state index contributed by atoms with van der Waals surface area (Å²) in [6, 6.07) is 0.369. The molecule has 1 N–H and O–H groups in total. The molecule has 1 amide bonds. The third-order valence-corrected chi connectivity index (χ3v) is 2.88. The molecule has 0 aliphatic carbocycles. The summed E-state index contributed by atoms with van der Waals surface area (Å²) in [7, 11) is 0. The van der Waals surface area contributed by atoms with Crippen LogP contribution in [0.5, 0.6) is 0 Å². The second kappa shape index (κ2) is 5.39. The van der Waals surface area contributed by atoms with E-state index in [1.165, 1.54) is 6.20 Å². The van der Waals surface area contributed by atoms with E-state index in [0.717, 1.165) is 31.2 Å². The summed E-state index contributed by atoms with van der Waals surface area (Å²) in [6.45, 7) is 4.46. The van der Waals surface area contributed by atoms with Gasteiger partial charge in [0.05, 0.1) is 6.20 Å². The van der Waals surface area contributed by atoms with Crippen LogP contribution in [0.15, 0.2) is 6.20 Å². The van der Waals surface area contributed by atoms with E-state index in [2.05, 4.69) is 21.8 Å². The highest BCUT2D eigenvalue weighted by molar-refractivity contribution is 7.07. The van der Waals surface area contributed by atoms with Gasteiger partial charge in [0.15, 0.2) is 0 Å². The molecular weight excluding hydrogens is 236 g/mol. The molecule has 1 saturated heterocycles. The van der Waals surface area contributed by atoms with Crippen molar-refractivity contribution in [2.24, 2.45) is 0 Å². The van der Waals surface area contributed by atoms with Crippen molar-refractivity contribution in [2.75, 3.05) is 19.6 Å². The van der Waals surface area contributed by atoms with E-state index in [0.29, 0.717) is 10.9 Å². The first kappa shape index (κ1) is 12.4. The number of nitrogens with zero attached hydrogens (tertiary/aromatic N) is 3. The van der Waals surface area contributed by atoms with Gasteiger partial charge in [0, 0.05) is 25.7 Å². The molecule has 0 radical (unpaired) electrons. The number of hydrogen-bond donors (Lipinski definition) is 1. The Kier molecular flexibility index (Phi) is 4.44. The van der Waals surface area contributed by atoms with Gasteiger partial charge in [0.2, 0.25) is 0 Å². The van der Waals surface area contributed by atoms with Gasteiger partial charge in [-0.1, -0.05) is 4.49 Å². The molecule has 1 fully saturated rings. The van der Waals surface area contributed by atoms with Crippen molar-refractivity contribution in [1.82, 2.24) is 19.8 Å². The zero-order valence-corrected chi connectivity index (χ0v) is 9.98. The van der Waals surface area contributed by atoms with E-state index >= 15 is 0 Å². The smallest absolute Gasteiger partial charge is 0.267 e. The van der Waals surface area contributed by atoms with Crippen LogP contribution in [-0.2, 0) is 0 Å². The van der Waals surface area contributed by atoms with Crippen LogP contribution in [0.2, 0.25) is 0 Å². The molecule has 7 heteroatoms. The quantitative estimate of drug-likeness (QED) is 0.782. The maximum absolute atomic E-state index is 11.8. The van der Waals surface area contributed by atoms with Crippen LogP contribution in [0.25, 0.3) is 0 Å². The lowest BCUT2D eigenvalue weighted by atomic mass is 10.2. The SMILES string of the molecule is C[C@@H]1CN(C(=O)c2cnns2)CCN1.Cl. The van der Waals surface area contributed by atoms with Gasteiger partial charge in [0.1, 0.15) is 4.88 Å². The molecule has 1 aromatic rings. The first-order valence-corrected chi connectivity index (χ1v) is 5.34. The summed E-state index contributed by atoms with van der Waals surface area (Å²) in [5.74, 6) is 0.0494. The van der Waals surface area contributed by atoms with E-state index in [1.807, 2.05) is 4.90 Å². The third kappa shape index (κ3) is 2.87. The molecule has 1 atom stereocenters. The number of carbonyl (C=O) groups excluding carboxylic acids is 1. The largest absolute Gasteiger partial charge is 0.335 e. The van der Waals surface area contributed by atoms with Gasteiger partial charge >= 0.3 is 0 Å². The standard InChI is InChI=1S/C8H12N4OS.ClH/c1-6-5-12(3-2-9-6)8(13)7-4-10-11-14-7;/h4,6,9H,2-3,5H2,1H3;1H/t6-;/m1./s1. The zero-order valence-electron chi connectivity index (χ0n) is 8.34. The fourth-order valence-corrected chi connectivity index (χ4v) is 2.02. The maximum atomic E-state index is 11.8. The summed E-state index contributed by atoms with van der Waals surface area (Å²) in [4.78, 5) is 14.3. The number of hydrogen-bond acceptors (Lipinski definition) is 5. The number of piperazine rings is 1. The Morgan fingerprint density at radius 1 is 1.73 bits per heavy atom. The molecule has 0 saturated carbocycles. The highest BCUT2D eigenvalue weighted by Gasteiger charge is 2.22. The Hall–Kier alpha value is -0.720. The molecule has 2 heterocycles. The van der Waals surface area contributed by atoms with Crippen LogP contribution in [-0.4, -0.2) is 46.1 Å². The molecule has 0 aromatic carbocycles. The lowest BCUT2D eigenvalue weighted by molar-refractivity contribution is 0.0714. The molecular formula is C8H13ClN4OS.